The predicted molar refractivity (Wildman–Crippen MR) is 531 cm³/mol. The minimum Gasteiger partial charge on any atom is -0.434 e. The minimum absolute atomic E-state index is 0.00683. The third-order valence-corrected chi connectivity index (χ3v) is 24.3. The fourth-order valence-electron chi connectivity index (χ4n) is 15.7. The van der Waals surface area contributed by atoms with Gasteiger partial charge >= 0.3 is 5.43 Å². The third kappa shape index (κ3) is 34.8. The lowest BCUT2D eigenvalue weighted by molar-refractivity contribution is 0.0765. The zero-order valence-electron chi connectivity index (χ0n) is 76.6. The van der Waals surface area contributed by atoms with Gasteiger partial charge in [0.15, 0.2) is 5.56 Å². The van der Waals surface area contributed by atoms with Crippen LogP contribution in [0.2, 0.25) is 0 Å². The Morgan fingerprint density at radius 3 is 1.11 bits per heavy atom. The summed E-state index contributed by atoms with van der Waals surface area (Å²) in [6.07, 6.45) is 7.71. The normalized spacial score (nSPS) is 14.2. The number of rotatable bonds is 24. The topological polar surface area (TPSA) is 249 Å². The predicted octanol–water partition coefficient (Wildman–Crippen LogP) is 22.8. The van der Waals surface area contributed by atoms with Gasteiger partial charge in [-0.25, -0.2) is 22.4 Å². The molecular weight excluding hydrogens is 1860 g/mol. The van der Waals surface area contributed by atoms with Crippen molar-refractivity contribution in [3.05, 3.63) is 324 Å². The lowest BCUT2D eigenvalue weighted by Crippen LogP contribution is -2.43. The highest BCUT2D eigenvalue weighted by Gasteiger charge is 2.31. The Hall–Kier alpha value is -11.5. The first-order chi connectivity index (χ1) is 64.2. The van der Waals surface area contributed by atoms with Gasteiger partial charge in [-0.2, -0.15) is 21.0 Å². The number of hydrogen-bond acceptors (Lipinski definition) is 17. The standard InChI is InChI=1S/C30H33FN4O.C23H27FN4O.C19H20FN3.C12H18N2.C11H14BrNO.C7H3BrFN.C3H4Cl2O2/c1-3-34(4-2)30(36)25-11-13-26(14-12-25)35(29-20-24(21-32)10-15-28(29)31)27-16-18-33(19-17-27)22-23-8-6-5-7-9-23;1-3-27(4-2)23(29)18-6-8-19(9-7-18)28(20-11-13-26-14-12-20)22-15-17(16-25)5-10-21(22)24;20-18-7-6-16(13-21)12-19(18)22-17-8-10-23(11-9-17)14-15-4-2-1-3-5-15;13-12-6-8-14(9-7-12)10-11-4-2-1-3-5-11;1-3-13(4-2)11(14)9-5-7-10(12)8-6-9;8-6-3-5(4-10)1-2-7(6)9;1-2(4)7-3(5)6/h5-15,20,27H,3-4,16-19,22H2,1-2H3;5-10,15,20,26H,3-4,11-14H2,1-2H3;1-7,12,17,22H,8-11,14H2;1-5,12H,6-10,13H2;5-8H,3-4H2,1-2H3;1-3H;2H,1H3. The summed E-state index contributed by atoms with van der Waals surface area (Å²) in [6, 6.07) is 80.3. The van der Waals surface area contributed by atoms with Crippen LogP contribution >= 0.6 is 55.1 Å². The van der Waals surface area contributed by atoms with Crippen LogP contribution < -0.4 is 26.2 Å². The second-order valence-electron chi connectivity index (χ2n) is 32.0. The Bertz CT molecular complexity index is 5430. The van der Waals surface area contributed by atoms with Crippen molar-refractivity contribution < 1.29 is 41.5 Å². The number of alkyl halides is 1. The fourth-order valence-corrected chi connectivity index (χ4v) is 16.6. The summed E-state index contributed by atoms with van der Waals surface area (Å²) in [5.74, 6) is -1.27. The molecular formula is C105H119Br2Cl2F4N15O5. The molecule has 28 heteroatoms. The Kier molecular flexibility index (Phi) is 45.9. The van der Waals surface area contributed by atoms with Crippen LogP contribution in [0.4, 0.5) is 50.8 Å². The number of benzene rings is 10. The molecule has 0 spiro atoms. The van der Waals surface area contributed by atoms with E-state index in [1.54, 1.807) is 40.1 Å². The molecule has 20 nitrogen and oxygen atoms in total. The Morgan fingerprint density at radius 1 is 0.444 bits per heavy atom. The number of nitrogens with two attached hydrogens (primary N) is 1. The van der Waals surface area contributed by atoms with Gasteiger partial charge in [-0.3, -0.25) is 29.1 Å². The summed E-state index contributed by atoms with van der Waals surface area (Å²) in [4.78, 5) is 63.6. The molecule has 4 aliphatic rings. The molecule has 0 aromatic heterocycles. The molecule has 4 aliphatic heterocycles. The van der Waals surface area contributed by atoms with Gasteiger partial charge in [0, 0.05) is 153 Å². The zero-order chi connectivity index (χ0) is 96.1. The fraction of sp³-hybridized carbons (Fsp3) is 0.352. The molecule has 0 saturated carbocycles. The molecule has 4 saturated heterocycles. The number of amides is 3. The van der Waals surface area contributed by atoms with Crippen molar-refractivity contribution in [3.8, 4) is 24.3 Å². The van der Waals surface area contributed by atoms with Gasteiger partial charge in [0.25, 0.3) is 17.7 Å². The molecule has 700 valence electrons. The van der Waals surface area contributed by atoms with Crippen LogP contribution in [0.1, 0.15) is 170 Å². The van der Waals surface area contributed by atoms with Crippen LogP contribution in [0.15, 0.2) is 246 Å². The molecule has 1 unspecified atom stereocenters. The van der Waals surface area contributed by atoms with Crippen molar-refractivity contribution in [1.29, 1.82) is 21.0 Å². The number of piperidine rings is 4. The number of nitriles is 4. The maximum atomic E-state index is 15.1. The van der Waals surface area contributed by atoms with Crippen molar-refractivity contribution in [3.63, 3.8) is 0 Å². The van der Waals surface area contributed by atoms with Gasteiger partial charge in [0.1, 0.15) is 23.3 Å². The van der Waals surface area contributed by atoms with Gasteiger partial charge in [-0.1, -0.05) is 119 Å². The number of nitrogens with one attached hydrogen (secondary N) is 2. The average molecular weight is 1980 g/mol. The van der Waals surface area contributed by atoms with E-state index in [9.17, 15) is 42.9 Å². The van der Waals surface area contributed by atoms with Crippen molar-refractivity contribution in [2.45, 2.75) is 149 Å². The van der Waals surface area contributed by atoms with Crippen LogP contribution in [-0.4, -0.2) is 174 Å². The smallest absolute Gasteiger partial charge is 0.405 e. The van der Waals surface area contributed by atoms with Gasteiger partial charge in [-0.15, -0.1) is 0 Å². The molecule has 10 aromatic carbocycles. The summed E-state index contributed by atoms with van der Waals surface area (Å²) in [7, 11) is 0. The highest BCUT2D eigenvalue weighted by molar-refractivity contribution is 9.10. The molecule has 10 aromatic rings. The van der Waals surface area contributed by atoms with Gasteiger partial charge in [0.05, 0.1) is 68.1 Å². The Labute approximate surface area is 808 Å². The number of hydrogen-bond donors (Lipinski definition) is 3. The molecule has 3 amide bonds. The van der Waals surface area contributed by atoms with E-state index in [1.165, 1.54) is 78.2 Å². The number of likely N-dealkylation sites (tertiary alicyclic amines) is 3. The van der Waals surface area contributed by atoms with Gasteiger partial charge in [-0.05, 0) is 304 Å². The largest absolute Gasteiger partial charge is 0.434 e. The highest BCUT2D eigenvalue weighted by atomic mass is 79.9. The van der Waals surface area contributed by atoms with Crippen LogP contribution in [-0.2, 0) is 24.4 Å². The van der Waals surface area contributed by atoms with Crippen molar-refractivity contribution in [2.24, 2.45) is 5.73 Å². The lowest BCUT2D eigenvalue weighted by Gasteiger charge is -2.40. The number of nitrogens with zero attached hydrogens (tertiary/aromatic N) is 12. The molecule has 133 heavy (non-hydrogen) atoms. The number of anilines is 5. The van der Waals surface area contributed by atoms with E-state index in [-0.39, 0.29) is 59.1 Å². The molecule has 4 N–H and O–H groups in total. The van der Waals surface area contributed by atoms with Gasteiger partial charge in [0.2, 0.25) is 0 Å². The first kappa shape index (κ1) is 107. The van der Waals surface area contributed by atoms with Gasteiger partial charge < -0.3 is 45.6 Å². The first-order valence-electron chi connectivity index (χ1n) is 45.1. The molecule has 0 radical (unpaired) electrons. The van der Waals surface area contributed by atoms with E-state index in [0.29, 0.717) is 87.1 Å². The van der Waals surface area contributed by atoms with Crippen LogP contribution in [0, 0.1) is 68.6 Å². The van der Waals surface area contributed by atoms with Crippen LogP contribution in [0.3, 0.4) is 0 Å². The molecule has 14 rings (SSSR count). The number of carbonyl (C=O) groups is 4. The van der Waals surface area contributed by atoms with E-state index < -0.39 is 11.0 Å². The number of carbonyl (C=O) groups excluding carboxylic acids is 4. The summed E-state index contributed by atoms with van der Waals surface area (Å²) in [5.41, 5.74) is 15.0. The summed E-state index contributed by atoms with van der Waals surface area (Å²) in [5, 5.41) is 42.6. The molecule has 0 aliphatic carbocycles. The first-order valence-corrected chi connectivity index (χ1v) is 47.5. The minimum atomic E-state index is -0.873. The summed E-state index contributed by atoms with van der Waals surface area (Å²) in [6.45, 7) is 28.2. The van der Waals surface area contributed by atoms with E-state index in [4.69, 9.17) is 39.5 Å². The SMILES string of the molecule is CC(Cl)OC(=O)Cl.CCN(CC)C(=O)c1ccc(Br)cc1.CCN(CC)C(=O)c1ccc(N(c2cc(C#N)ccc2F)C2CCN(Cc3ccccc3)CC2)cc1.CCN(CC)C(=O)c1ccc(N(c2cc(C#N)ccc2F)C2CCNCC2)cc1.N#Cc1ccc(F)c(Br)c1.N#Cc1ccc(F)c(NC2CCN(Cc3ccccc3)CC2)c1.NC1CCN(Cc2ccccc2)CC1. The summed E-state index contributed by atoms with van der Waals surface area (Å²) < 4.78 is 61.7. The highest BCUT2D eigenvalue weighted by Crippen LogP contribution is 2.38. The average Bonchev–Trinajstić information content (AvgIpc) is 0.791. The zero-order valence-corrected chi connectivity index (χ0v) is 81.3. The second-order valence-corrected chi connectivity index (χ2v) is 34.7. The Balaban J connectivity index is 0.000000202. The maximum absolute atomic E-state index is 15.1. The van der Waals surface area contributed by atoms with Crippen molar-refractivity contribution >= 4 is 107 Å². The van der Waals surface area contributed by atoms with Crippen molar-refractivity contribution in [1.82, 2.24) is 34.7 Å². The molecule has 0 bridgehead atoms. The van der Waals surface area contributed by atoms with Crippen LogP contribution in [0.25, 0.3) is 0 Å². The van der Waals surface area contributed by atoms with Crippen molar-refractivity contribution in [2.75, 3.05) is 107 Å². The maximum Gasteiger partial charge on any atom is 0.405 e. The summed E-state index contributed by atoms with van der Waals surface area (Å²) >= 11 is 16.2. The molecule has 1 atom stereocenters. The second kappa shape index (κ2) is 57.2. The number of ether oxygens (including phenoxy) is 1. The van der Waals surface area contributed by atoms with E-state index in [0.717, 1.165) is 158 Å². The van der Waals surface area contributed by atoms with E-state index in [1.807, 2.05) is 135 Å². The monoisotopic (exact) mass is 1970 g/mol. The van der Waals surface area contributed by atoms with E-state index >= 15 is 4.39 Å². The molecule has 4 heterocycles. The third-order valence-electron chi connectivity index (χ3n) is 23.0. The Morgan fingerprint density at radius 2 is 0.767 bits per heavy atom. The van der Waals surface area contributed by atoms with E-state index in [2.05, 4.69) is 159 Å². The quantitative estimate of drug-likeness (QED) is 0.0289. The lowest BCUT2D eigenvalue weighted by atomic mass is 9.99. The molecule has 4 fully saturated rings. The van der Waals surface area contributed by atoms with Crippen LogP contribution in [0.5, 0.6) is 0 Å². The number of halogens is 8.